The summed E-state index contributed by atoms with van der Waals surface area (Å²) in [4.78, 5) is 25.6. The largest absolute Gasteiger partial charge is 0.494 e. The number of thiophene rings is 1. The maximum Gasteiger partial charge on any atom is 0.341 e. The van der Waals surface area contributed by atoms with E-state index in [4.69, 9.17) is 9.47 Å². The molecule has 0 fully saturated rings. The summed E-state index contributed by atoms with van der Waals surface area (Å²) in [6.07, 6.45) is 3.21. The van der Waals surface area contributed by atoms with Crippen molar-refractivity contribution in [3.8, 4) is 16.9 Å². The van der Waals surface area contributed by atoms with Crippen LogP contribution in [0.3, 0.4) is 0 Å². The summed E-state index contributed by atoms with van der Waals surface area (Å²) < 4.78 is 13.0. The number of ether oxygens (including phenoxy) is 2. The molecule has 0 aliphatic rings. The Labute approximate surface area is 203 Å². The molecule has 0 bridgehead atoms. The van der Waals surface area contributed by atoms with Gasteiger partial charge in [0.25, 0.3) is 0 Å². The van der Waals surface area contributed by atoms with E-state index in [0.29, 0.717) is 23.7 Å². The standard InChI is InChI=1S/C27H28N2O4S/c1-3-17-33-21-11-9-19(10-12-21)22-18-34-26(25(22)27(31)32-4-2)28-24(30)14-16-29-15-13-20-7-5-6-8-23(20)29/h5-13,15,18H,3-4,14,16-17H2,1-2H3,(H,28,30). The number of anilines is 1. The molecule has 4 aromatic rings. The molecule has 34 heavy (non-hydrogen) atoms. The van der Waals surface area contributed by atoms with Gasteiger partial charge in [-0.3, -0.25) is 4.79 Å². The van der Waals surface area contributed by atoms with E-state index in [1.165, 1.54) is 11.3 Å². The van der Waals surface area contributed by atoms with Crippen LogP contribution in [-0.4, -0.2) is 29.7 Å². The quantitative estimate of drug-likeness (QED) is 0.270. The van der Waals surface area contributed by atoms with Crippen molar-refractivity contribution in [2.75, 3.05) is 18.5 Å². The van der Waals surface area contributed by atoms with Gasteiger partial charge in [0, 0.05) is 35.6 Å². The Balaban J connectivity index is 1.51. The van der Waals surface area contributed by atoms with Crippen LogP contribution in [0.1, 0.15) is 37.0 Å². The number of aryl methyl sites for hydroxylation is 1. The van der Waals surface area contributed by atoms with Crippen molar-refractivity contribution in [1.29, 1.82) is 0 Å². The Bertz CT molecular complexity index is 1270. The van der Waals surface area contributed by atoms with Crippen molar-refractivity contribution in [3.63, 3.8) is 0 Å². The Morgan fingerprint density at radius 2 is 1.82 bits per heavy atom. The molecule has 0 spiro atoms. The lowest BCUT2D eigenvalue weighted by Gasteiger charge is -2.10. The van der Waals surface area contributed by atoms with E-state index >= 15 is 0 Å². The highest BCUT2D eigenvalue weighted by molar-refractivity contribution is 7.15. The van der Waals surface area contributed by atoms with Crippen LogP contribution >= 0.6 is 11.3 Å². The number of rotatable bonds is 10. The first kappa shape index (κ1) is 23.6. The normalized spacial score (nSPS) is 10.9. The third-order valence-electron chi connectivity index (χ3n) is 5.42. The van der Waals surface area contributed by atoms with Crippen molar-refractivity contribution in [1.82, 2.24) is 4.57 Å². The third-order valence-corrected chi connectivity index (χ3v) is 6.32. The lowest BCUT2D eigenvalue weighted by atomic mass is 10.0. The summed E-state index contributed by atoms with van der Waals surface area (Å²) in [5.41, 5.74) is 3.07. The van der Waals surface area contributed by atoms with Gasteiger partial charge in [0.2, 0.25) is 5.91 Å². The minimum Gasteiger partial charge on any atom is -0.494 e. The molecule has 6 nitrogen and oxygen atoms in total. The van der Waals surface area contributed by atoms with E-state index < -0.39 is 5.97 Å². The highest BCUT2D eigenvalue weighted by Gasteiger charge is 2.23. The zero-order chi connectivity index (χ0) is 23.9. The second-order valence-corrected chi connectivity index (χ2v) is 8.69. The second kappa shape index (κ2) is 11.0. The van der Waals surface area contributed by atoms with E-state index in [2.05, 4.69) is 16.8 Å². The average Bonchev–Trinajstić information content (AvgIpc) is 3.46. The Hall–Kier alpha value is -3.58. The smallest absolute Gasteiger partial charge is 0.341 e. The Morgan fingerprint density at radius 1 is 1.03 bits per heavy atom. The van der Waals surface area contributed by atoms with Gasteiger partial charge in [0.1, 0.15) is 16.3 Å². The topological polar surface area (TPSA) is 69.6 Å². The summed E-state index contributed by atoms with van der Waals surface area (Å²) in [6, 6.07) is 17.7. The van der Waals surface area contributed by atoms with Crippen LogP contribution < -0.4 is 10.1 Å². The molecule has 1 N–H and O–H groups in total. The van der Waals surface area contributed by atoms with Gasteiger partial charge in [-0.25, -0.2) is 4.79 Å². The number of hydrogen-bond donors (Lipinski definition) is 1. The van der Waals surface area contributed by atoms with Crippen LogP contribution in [0, 0.1) is 0 Å². The fourth-order valence-electron chi connectivity index (χ4n) is 3.77. The van der Waals surface area contributed by atoms with E-state index in [0.717, 1.165) is 34.2 Å². The van der Waals surface area contributed by atoms with Crippen molar-refractivity contribution in [2.45, 2.75) is 33.2 Å². The number of nitrogens with zero attached hydrogens (tertiary/aromatic N) is 1. The van der Waals surface area contributed by atoms with Gasteiger partial charge in [-0.1, -0.05) is 37.3 Å². The van der Waals surface area contributed by atoms with Gasteiger partial charge in [0.05, 0.1) is 13.2 Å². The molecule has 2 heterocycles. The van der Waals surface area contributed by atoms with Crippen molar-refractivity contribution in [3.05, 3.63) is 71.7 Å². The minimum atomic E-state index is -0.447. The van der Waals surface area contributed by atoms with E-state index in [9.17, 15) is 9.59 Å². The number of carbonyl (C=O) groups excluding carboxylic acids is 2. The molecule has 0 saturated heterocycles. The third kappa shape index (κ3) is 5.31. The molecule has 176 valence electrons. The molecule has 4 rings (SSSR count). The van der Waals surface area contributed by atoms with Crippen LogP contribution in [0.5, 0.6) is 5.75 Å². The van der Waals surface area contributed by atoms with Crippen molar-refractivity contribution >= 4 is 39.1 Å². The van der Waals surface area contributed by atoms with Crippen LogP contribution in [0.15, 0.2) is 66.2 Å². The van der Waals surface area contributed by atoms with Gasteiger partial charge < -0.3 is 19.4 Å². The fraction of sp³-hybridized carbons (Fsp3) is 0.259. The summed E-state index contributed by atoms with van der Waals surface area (Å²) in [5.74, 6) is 0.182. The van der Waals surface area contributed by atoms with Gasteiger partial charge in [-0.15, -0.1) is 11.3 Å². The first-order valence-corrected chi connectivity index (χ1v) is 12.3. The van der Waals surface area contributed by atoms with Crippen molar-refractivity contribution < 1.29 is 19.1 Å². The van der Waals surface area contributed by atoms with Gasteiger partial charge in [-0.05, 0) is 48.6 Å². The lowest BCUT2D eigenvalue weighted by molar-refractivity contribution is -0.116. The molecule has 0 atom stereocenters. The number of fused-ring (bicyclic) bond motifs is 1. The summed E-state index contributed by atoms with van der Waals surface area (Å²) in [6.45, 7) is 5.28. The zero-order valence-electron chi connectivity index (χ0n) is 19.4. The number of nitrogens with one attached hydrogen (secondary N) is 1. The lowest BCUT2D eigenvalue weighted by Crippen LogP contribution is -2.16. The summed E-state index contributed by atoms with van der Waals surface area (Å²) in [5, 5.41) is 6.45. The second-order valence-electron chi connectivity index (χ2n) is 7.81. The number of esters is 1. The maximum absolute atomic E-state index is 12.8. The monoisotopic (exact) mass is 476 g/mol. The Kier molecular flexibility index (Phi) is 7.65. The number of hydrogen-bond acceptors (Lipinski definition) is 5. The number of carbonyl (C=O) groups is 2. The number of aromatic nitrogens is 1. The van der Waals surface area contributed by atoms with Gasteiger partial charge >= 0.3 is 5.97 Å². The highest BCUT2D eigenvalue weighted by Crippen LogP contribution is 2.37. The van der Waals surface area contributed by atoms with Gasteiger partial charge in [-0.2, -0.15) is 0 Å². The molecular weight excluding hydrogens is 448 g/mol. The molecule has 0 aliphatic carbocycles. The van der Waals surface area contributed by atoms with E-state index in [1.54, 1.807) is 6.92 Å². The first-order valence-electron chi connectivity index (χ1n) is 11.5. The molecule has 0 unspecified atom stereocenters. The van der Waals surface area contributed by atoms with Crippen LogP contribution in [-0.2, 0) is 16.1 Å². The molecule has 0 saturated carbocycles. The summed E-state index contributed by atoms with van der Waals surface area (Å²) >= 11 is 1.33. The first-order chi connectivity index (χ1) is 16.6. The molecule has 2 aromatic heterocycles. The number of benzene rings is 2. The zero-order valence-corrected chi connectivity index (χ0v) is 20.2. The molecule has 7 heteroatoms. The number of para-hydroxylation sites is 1. The van der Waals surface area contributed by atoms with E-state index in [1.807, 2.05) is 66.2 Å². The Morgan fingerprint density at radius 3 is 2.59 bits per heavy atom. The predicted molar refractivity (Wildman–Crippen MR) is 137 cm³/mol. The molecule has 0 radical (unpaired) electrons. The molecule has 1 amide bonds. The molecule has 2 aromatic carbocycles. The summed E-state index contributed by atoms with van der Waals surface area (Å²) in [7, 11) is 0. The van der Waals surface area contributed by atoms with Crippen molar-refractivity contribution in [2.24, 2.45) is 0 Å². The van der Waals surface area contributed by atoms with Crippen LogP contribution in [0.4, 0.5) is 5.00 Å². The number of amides is 1. The van der Waals surface area contributed by atoms with E-state index in [-0.39, 0.29) is 18.9 Å². The molecule has 0 aliphatic heterocycles. The predicted octanol–water partition coefficient (Wildman–Crippen LogP) is 6.36. The highest BCUT2D eigenvalue weighted by atomic mass is 32.1. The van der Waals surface area contributed by atoms with Crippen LogP contribution in [0.2, 0.25) is 0 Å². The fourth-order valence-corrected chi connectivity index (χ4v) is 4.74. The SMILES string of the molecule is CCCOc1ccc(-c2csc(NC(=O)CCn3ccc4ccccc43)c2C(=O)OCC)cc1. The molecular formula is C27H28N2O4S. The minimum absolute atomic E-state index is 0.153. The maximum atomic E-state index is 12.8. The van der Waals surface area contributed by atoms with Gasteiger partial charge in [0.15, 0.2) is 0 Å². The average molecular weight is 477 g/mol. The van der Waals surface area contributed by atoms with Crippen LogP contribution in [0.25, 0.3) is 22.0 Å².